The molecule has 1 aliphatic rings. The van der Waals surface area contributed by atoms with Crippen molar-refractivity contribution in [3.63, 3.8) is 0 Å². The van der Waals surface area contributed by atoms with E-state index in [0.29, 0.717) is 10.4 Å². The molecule has 0 atom stereocenters. The van der Waals surface area contributed by atoms with Gasteiger partial charge in [-0.3, -0.25) is 0 Å². The van der Waals surface area contributed by atoms with Gasteiger partial charge in [-0.05, 0) is 36.5 Å². The van der Waals surface area contributed by atoms with Crippen LogP contribution in [0.15, 0.2) is 18.2 Å². The standard InChI is InChI=1S/C14H19ClN2S/c1-14(2)6-3-7-17(9-14)12-8-10(15)4-5-11(12)13(16)18/h4-5,8H,3,6-7,9H2,1-2H3,(H2,16,18). The van der Waals surface area contributed by atoms with E-state index in [2.05, 4.69) is 18.7 Å². The molecular formula is C14H19ClN2S. The Labute approximate surface area is 119 Å². The van der Waals surface area contributed by atoms with Gasteiger partial charge in [-0.15, -0.1) is 0 Å². The first kappa shape index (κ1) is 13.6. The maximum atomic E-state index is 6.10. The monoisotopic (exact) mass is 282 g/mol. The number of rotatable bonds is 2. The number of nitrogens with zero attached hydrogens (tertiary/aromatic N) is 1. The van der Waals surface area contributed by atoms with Crippen molar-refractivity contribution < 1.29 is 0 Å². The van der Waals surface area contributed by atoms with Crippen molar-refractivity contribution in [1.82, 2.24) is 0 Å². The summed E-state index contributed by atoms with van der Waals surface area (Å²) < 4.78 is 0. The molecule has 18 heavy (non-hydrogen) atoms. The normalized spacial score (nSPS) is 18.7. The van der Waals surface area contributed by atoms with Crippen molar-refractivity contribution in [3.05, 3.63) is 28.8 Å². The molecule has 2 N–H and O–H groups in total. The van der Waals surface area contributed by atoms with Crippen molar-refractivity contribution >= 4 is 34.5 Å². The summed E-state index contributed by atoms with van der Waals surface area (Å²) in [6.45, 7) is 6.65. The molecule has 0 aliphatic carbocycles. The number of hydrogen-bond acceptors (Lipinski definition) is 2. The van der Waals surface area contributed by atoms with E-state index in [9.17, 15) is 0 Å². The van der Waals surface area contributed by atoms with E-state index in [1.165, 1.54) is 12.8 Å². The Balaban J connectivity index is 2.37. The lowest BCUT2D eigenvalue weighted by Gasteiger charge is -2.40. The van der Waals surface area contributed by atoms with Gasteiger partial charge in [-0.1, -0.05) is 37.7 Å². The molecule has 1 heterocycles. The van der Waals surface area contributed by atoms with E-state index in [4.69, 9.17) is 29.6 Å². The van der Waals surface area contributed by atoms with Crippen LogP contribution in [-0.4, -0.2) is 18.1 Å². The highest BCUT2D eigenvalue weighted by Gasteiger charge is 2.27. The van der Waals surface area contributed by atoms with Crippen molar-refractivity contribution in [1.29, 1.82) is 0 Å². The van der Waals surface area contributed by atoms with Crippen molar-refractivity contribution in [3.8, 4) is 0 Å². The molecule has 1 aromatic carbocycles. The van der Waals surface area contributed by atoms with Crippen LogP contribution in [0.25, 0.3) is 0 Å². The summed E-state index contributed by atoms with van der Waals surface area (Å²) in [7, 11) is 0. The second-order valence-corrected chi connectivity index (χ2v) is 6.59. The quantitative estimate of drug-likeness (QED) is 0.841. The van der Waals surface area contributed by atoms with Gasteiger partial charge in [0.15, 0.2) is 0 Å². The second kappa shape index (κ2) is 5.06. The van der Waals surface area contributed by atoms with E-state index < -0.39 is 0 Å². The van der Waals surface area contributed by atoms with Gasteiger partial charge in [0.1, 0.15) is 4.99 Å². The maximum Gasteiger partial charge on any atom is 0.106 e. The number of nitrogens with two attached hydrogens (primary N) is 1. The Hall–Kier alpha value is -0.800. The molecule has 2 nitrogen and oxygen atoms in total. The Morgan fingerprint density at radius 2 is 2.17 bits per heavy atom. The van der Waals surface area contributed by atoms with E-state index in [-0.39, 0.29) is 0 Å². The van der Waals surface area contributed by atoms with Crippen molar-refractivity contribution in [2.75, 3.05) is 18.0 Å². The van der Waals surface area contributed by atoms with Gasteiger partial charge in [0, 0.05) is 29.4 Å². The van der Waals surface area contributed by atoms with Crippen LogP contribution >= 0.6 is 23.8 Å². The highest BCUT2D eigenvalue weighted by molar-refractivity contribution is 7.80. The molecule has 2 rings (SSSR count). The molecule has 0 radical (unpaired) electrons. The smallest absolute Gasteiger partial charge is 0.106 e. The van der Waals surface area contributed by atoms with E-state index in [0.717, 1.165) is 29.4 Å². The average molecular weight is 283 g/mol. The number of benzene rings is 1. The van der Waals surface area contributed by atoms with Crippen LogP contribution in [0.3, 0.4) is 0 Å². The van der Waals surface area contributed by atoms with Gasteiger partial charge in [0.25, 0.3) is 0 Å². The zero-order valence-corrected chi connectivity index (χ0v) is 12.4. The largest absolute Gasteiger partial charge is 0.389 e. The minimum atomic E-state index is 0.327. The third-order valence-electron chi connectivity index (χ3n) is 3.47. The molecule has 0 unspecified atom stereocenters. The molecular weight excluding hydrogens is 264 g/mol. The van der Waals surface area contributed by atoms with Crippen LogP contribution in [0.4, 0.5) is 5.69 Å². The minimum Gasteiger partial charge on any atom is -0.389 e. The van der Waals surface area contributed by atoms with Gasteiger partial charge >= 0.3 is 0 Å². The molecule has 0 spiro atoms. The van der Waals surface area contributed by atoms with Gasteiger partial charge in [-0.25, -0.2) is 0 Å². The predicted octanol–water partition coefficient (Wildman–Crippen LogP) is 3.60. The zero-order valence-electron chi connectivity index (χ0n) is 10.9. The highest BCUT2D eigenvalue weighted by Crippen LogP contribution is 2.34. The fraction of sp³-hybridized carbons (Fsp3) is 0.500. The van der Waals surface area contributed by atoms with Crippen LogP contribution in [0.5, 0.6) is 0 Å². The molecule has 0 amide bonds. The lowest BCUT2D eigenvalue weighted by Crippen LogP contribution is -2.41. The van der Waals surface area contributed by atoms with E-state index in [1.54, 1.807) is 0 Å². The summed E-state index contributed by atoms with van der Waals surface area (Å²) in [5.41, 5.74) is 8.12. The van der Waals surface area contributed by atoms with Crippen LogP contribution in [0.2, 0.25) is 5.02 Å². The second-order valence-electron chi connectivity index (χ2n) is 5.72. The molecule has 1 aromatic rings. The SMILES string of the molecule is CC1(C)CCCN(c2cc(Cl)ccc2C(N)=S)C1. The first-order valence-electron chi connectivity index (χ1n) is 6.23. The fourth-order valence-corrected chi connectivity index (χ4v) is 2.94. The fourth-order valence-electron chi connectivity index (χ4n) is 2.60. The minimum absolute atomic E-state index is 0.327. The lowest BCUT2D eigenvalue weighted by molar-refractivity contribution is 0.293. The molecule has 4 heteroatoms. The van der Waals surface area contributed by atoms with Gasteiger partial charge < -0.3 is 10.6 Å². The van der Waals surface area contributed by atoms with Gasteiger partial charge in [-0.2, -0.15) is 0 Å². The molecule has 1 fully saturated rings. The van der Waals surface area contributed by atoms with Crippen LogP contribution in [0, 0.1) is 5.41 Å². The Morgan fingerprint density at radius 1 is 1.44 bits per heavy atom. The Kier molecular flexibility index (Phi) is 3.83. The topological polar surface area (TPSA) is 29.3 Å². The lowest BCUT2D eigenvalue weighted by atomic mass is 9.84. The number of hydrogen-bond donors (Lipinski definition) is 1. The summed E-state index contributed by atoms with van der Waals surface area (Å²) in [5, 5.41) is 0.730. The van der Waals surface area contributed by atoms with E-state index >= 15 is 0 Å². The Morgan fingerprint density at radius 3 is 2.78 bits per heavy atom. The van der Waals surface area contributed by atoms with Gasteiger partial charge in [0.05, 0.1) is 0 Å². The van der Waals surface area contributed by atoms with Gasteiger partial charge in [0.2, 0.25) is 0 Å². The summed E-state index contributed by atoms with van der Waals surface area (Å²) >= 11 is 11.2. The first-order valence-corrected chi connectivity index (χ1v) is 7.02. The molecule has 98 valence electrons. The number of piperidine rings is 1. The first-order chi connectivity index (χ1) is 8.39. The Bertz CT molecular complexity index is 471. The van der Waals surface area contributed by atoms with Crippen LogP contribution in [-0.2, 0) is 0 Å². The predicted molar refractivity (Wildman–Crippen MR) is 82.6 cm³/mol. The van der Waals surface area contributed by atoms with Crippen LogP contribution < -0.4 is 10.6 Å². The number of thiocarbonyl (C=S) groups is 1. The summed E-state index contributed by atoms with van der Waals surface area (Å²) in [4.78, 5) is 2.79. The average Bonchev–Trinajstić information content (AvgIpc) is 2.27. The highest BCUT2D eigenvalue weighted by atomic mass is 35.5. The number of halogens is 1. The third-order valence-corrected chi connectivity index (χ3v) is 3.92. The molecule has 1 saturated heterocycles. The molecule has 0 saturated carbocycles. The van der Waals surface area contributed by atoms with Crippen LogP contribution in [0.1, 0.15) is 32.3 Å². The van der Waals surface area contributed by atoms with Crippen molar-refractivity contribution in [2.45, 2.75) is 26.7 Å². The summed E-state index contributed by atoms with van der Waals surface area (Å²) in [6, 6.07) is 5.73. The molecule has 0 bridgehead atoms. The molecule has 1 aliphatic heterocycles. The maximum absolute atomic E-state index is 6.10. The zero-order chi connectivity index (χ0) is 13.3. The molecule has 0 aromatic heterocycles. The van der Waals surface area contributed by atoms with E-state index in [1.807, 2.05) is 18.2 Å². The number of anilines is 1. The third kappa shape index (κ3) is 2.96. The summed E-state index contributed by atoms with van der Waals surface area (Å²) in [5.74, 6) is 0. The summed E-state index contributed by atoms with van der Waals surface area (Å²) in [6.07, 6.45) is 2.45. The van der Waals surface area contributed by atoms with Crippen molar-refractivity contribution in [2.24, 2.45) is 11.1 Å².